The maximum absolute atomic E-state index is 13.7. The number of hydrogen-bond acceptors (Lipinski definition) is 5. The summed E-state index contributed by atoms with van der Waals surface area (Å²) in [6.45, 7) is 15.9. The van der Waals surface area contributed by atoms with Gasteiger partial charge in [0.25, 0.3) is 0 Å². The molecule has 2 aliphatic heterocycles. The molecule has 0 aliphatic carbocycles. The van der Waals surface area contributed by atoms with E-state index >= 15 is 0 Å². The topological polar surface area (TPSA) is 45.0 Å². The van der Waals surface area contributed by atoms with E-state index in [2.05, 4.69) is 26.7 Å². The second-order valence-electron chi connectivity index (χ2n) is 10.5. The second-order valence-corrected chi connectivity index (χ2v) is 10.5. The van der Waals surface area contributed by atoms with Crippen LogP contribution in [0.1, 0.15) is 44.9 Å². The van der Waals surface area contributed by atoms with Gasteiger partial charge in [0, 0.05) is 68.8 Å². The lowest BCUT2D eigenvalue weighted by Gasteiger charge is -2.38. The van der Waals surface area contributed by atoms with Crippen LogP contribution in [-0.4, -0.2) is 77.2 Å². The number of alkyl halides is 3. The van der Waals surface area contributed by atoms with E-state index in [1.54, 1.807) is 10.6 Å². The maximum atomic E-state index is 13.7. The Balaban J connectivity index is 1.43. The van der Waals surface area contributed by atoms with Gasteiger partial charge in [-0.25, -0.2) is 4.98 Å². The van der Waals surface area contributed by atoms with Gasteiger partial charge in [0.2, 0.25) is 0 Å². The van der Waals surface area contributed by atoms with Crippen molar-refractivity contribution in [2.75, 3.05) is 51.2 Å². The van der Waals surface area contributed by atoms with Gasteiger partial charge in [0.1, 0.15) is 0 Å². The molecule has 0 bridgehead atoms. The number of halogens is 3. The Morgan fingerprint density at radius 2 is 1.91 bits per heavy atom. The number of aromatic nitrogens is 2. The third kappa shape index (κ3) is 5.75. The highest BCUT2D eigenvalue weighted by Gasteiger charge is 2.34. The summed E-state index contributed by atoms with van der Waals surface area (Å²) in [5, 5.41) is 3.39. The van der Waals surface area contributed by atoms with Gasteiger partial charge in [0.15, 0.2) is 5.65 Å². The van der Waals surface area contributed by atoms with Gasteiger partial charge < -0.3 is 19.4 Å². The molecular formula is C25H36F3N5O. The number of imidazole rings is 1. The maximum Gasteiger partial charge on any atom is 0.417 e. The molecule has 0 aromatic carbocycles. The van der Waals surface area contributed by atoms with Gasteiger partial charge in [-0.05, 0) is 18.9 Å². The molecule has 6 nitrogen and oxygen atoms in total. The van der Waals surface area contributed by atoms with Crippen molar-refractivity contribution in [2.24, 2.45) is 0 Å². The van der Waals surface area contributed by atoms with E-state index in [1.807, 2.05) is 26.8 Å². The van der Waals surface area contributed by atoms with E-state index in [0.717, 1.165) is 70.6 Å². The molecule has 2 aromatic heterocycles. The zero-order valence-electron chi connectivity index (χ0n) is 20.4. The lowest BCUT2D eigenvalue weighted by atomic mass is 9.93. The smallest absolute Gasteiger partial charge is 0.379 e. The molecule has 0 saturated carbocycles. The van der Waals surface area contributed by atoms with Crippen LogP contribution in [0.3, 0.4) is 0 Å². The number of morpholine rings is 1. The Kier molecular flexibility index (Phi) is 7.26. The quantitative estimate of drug-likeness (QED) is 0.622. The number of nitrogens with one attached hydrogen (secondary N) is 1. The standard InChI is InChI=1S/C25H36F3N5O/c1-5-8-31-11-12-34-20(16-31)17-32-9-6-19(7-10-32)30-21-13-18(25(26,27)28)15-33-22(24(2,3)4)14-29-23(21)33/h5,13-15,19-20,30H,1,6-12,16-17H2,2-4H3/t20-/m0/s1. The highest BCUT2D eigenvalue weighted by atomic mass is 19.4. The highest BCUT2D eigenvalue weighted by Crippen LogP contribution is 2.35. The van der Waals surface area contributed by atoms with Crippen molar-refractivity contribution < 1.29 is 17.9 Å². The van der Waals surface area contributed by atoms with E-state index < -0.39 is 11.7 Å². The zero-order valence-corrected chi connectivity index (χ0v) is 20.4. The summed E-state index contributed by atoms with van der Waals surface area (Å²) in [4.78, 5) is 9.23. The second kappa shape index (κ2) is 9.87. The summed E-state index contributed by atoms with van der Waals surface area (Å²) in [5.41, 5.74) is 0.749. The summed E-state index contributed by atoms with van der Waals surface area (Å²) in [6.07, 6.45) is 2.25. The summed E-state index contributed by atoms with van der Waals surface area (Å²) >= 11 is 0. The number of ether oxygens (including phenoxy) is 1. The molecule has 2 aliphatic rings. The number of nitrogens with zero attached hydrogens (tertiary/aromatic N) is 4. The average molecular weight is 480 g/mol. The predicted octanol–water partition coefficient (Wildman–Crippen LogP) is 4.41. The Labute approximate surface area is 199 Å². The molecule has 1 atom stereocenters. The third-order valence-corrected chi connectivity index (χ3v) is 6.72. The lowest BCUT2D eigenvalue weighted by molar-refractivity contribution is -0.137. The monoisotopic (exact) mass is 479 g/mol. The van der Waals surface area contributed by atoms with Crippen molar-refractivity contribution in [2.45, 2.75) is 57.3 Å². The first-order chi connectivity index (χ1) is 16.0. The molecule has 2 saturated heterocycles. The number of fused-ring (bicyclic) bond motifs is 1. The molecule has 9 heteroatoms. The minimum absolute atomic E-state index is 0.0999. The first-order valence-corrected chi connectivity index (χ1v) is 12.1. The molecule has 1 N–H and O–H groups in total. The van der Waals surface area contributed by atoms with Crippen LogP contribution in [0.5, 0.6) is 0 Å². The summed E-state index contributed by atoms with van der Waals surface area (Å²) in [6, 6.07) is 1.30. The first kappa shape index (κ1) is 25.0. The summed E-state index contributed by atoms with van der Waals surface area (Å²) in [7, 11) is 0. The third-order valence-electron chi connectivity index (χ3n) is 6.72. The van der Waals surface area contributed by atoms with Gasteiger partial charge in [-0.3, -0.25) is 4.90 Å². The molecular weight excluding hydrogens is 443 g/mol. The van der Waals surface area contributed by atoms with Crippen molar-refractivity contribution >= 4 is 11.3 Å². The van der Waals surface area contributed by atoms with Gasteiger partial charge in [-0.1, -0.05) is 26.8 Å². The van der Waals surface area contributed by atoms with E-state index in [1.165, 1.54) is 6.07 Å². The number of rotatable bonds is 6. The van der Waals surface area contributed by atoms with Crippen LogP contribution in [0.15, 0.2) is 31.1 Å². The minimum atomic E-state index is -4.42. The number of likely N-dealkylation sites (tertiary alicyclic amines) is 1. The molecule has 2 fully saturated rings. The Morgan fingerprint density at radius 3 is 2.56 bits per heavy atom. The van der Waals surface area contributed by atoms with Crippen molar-refractivity contribution in [3.05, 3.63) is 42.4 Å². The van der Waals surface area contributed by atoms with Crippen molar-refractivity contribution in [1.82, 2.24) is 19.2 Å². The fraction of sp³-hybridized carbons (Fsp3) is 0.640. The molecule has 0 spiro atoms. The lowest BCUT2D eigenvalue weighted by Crippen LogP contribution is -2.49. The molecule has 34 heavy (non-hydrogen) atoms. The van der Waals surface area contributed by atoms with E-state index in [-0.39, 0.29) is 17.6 Å². The molecule has 0 amide bonds. The molecule has 4 heterocycles. The Hall–Kier alpha value is -2.10. The van der Waals surface area contributed by atoms with Crippen LogP contribution in [0.25, 0.3) is 5.65 Å². The van der Waals surface area contributed by atoms with Crippen molar-refractivity contribution in [3.8, 4) is 0 Å². The fourth-order valence-electron chi connectivity index (χ4n) is 4.91. The van der Waals surface area contributed by atoms with Gasteiger partial charge in [0.05, 0.1) is 24.0 Å². The Morgan fingerprint density at radius 1 is 1.18 bits per heavy atom. The normalized spacial score (nSPS) is 21.8. The largest absolute Gasteiger partial charge is 0.417 e. The van der Waals surface area contributed by atoms with Crippen molar-refractivity contribution in [3.63, 3.8) is 0 Å². The number of anilines is 1. The number of piperidine rings is 1. The fourth-order valence-corrected chi connectivity index (χ4v) is 4.91. The van der Waals surface area contributed by atoms with Gasteiger partial charge >= 0.3 is 6.18 Å². The molecule has 0 radical (unpaired) electrons. The van der Waals surface area contributed by atoms with Crippen LogP contribution in [0.2, 0.25) is 0 Å². The van der Waals surface area contributed by atoms with E-state index in [9.17, 15) is 13.2 Å². The van der Waals surface area contributed by atoms with Crippen molar-refractivity contribution in [1.29, 1.82) is 0 Å². The van der Waals surface area contributed by atoms with Crippen LogP contribution < -0.4 is 5.32 Å². The number of pyridine rings is 1. The number of hydrogen-bond donors (Lipinski definition) is 1. The molecule has 4 rings (SSSR count). The summed E-state index contributed by atoms with van der Waals surface area (Å²) < 4.78 is 48.6. The highest BCUT2D eigenvalue weighted by molar-refractivity contribution is 5.70. The molecule has 188 valence electrons. The SMILES string of the molecule is C=CCN1CCO[C@H](CN2CCC(Nc3cc(C(F)(F)F)cn4c(C(C)(C)C)cnc34)CC2)C1. The zero-order chi connectivity index (χ0) is 24.5. The van der Waals surface area contributed by atoms with E-state index in [0.29, 0.717) is 11.3 Å². The van der Waals surface area contributed by atoms with E-state index in [4.69, 9.17) is 4.74 Å². The minimum Gasteiger partial charge on any atom is -0.379 e. The van der Waals surface area contributed by atoms with Crippen LogP contribution in [-0.2, 0) is 16.3 Å². The van der Waals surface area contributed by atoms with Crippen LogP contribution >= 0.6 is 0 Å². The first-order valence-electron chi connectivity index (χ1n) is 12.1. The molecule has 2 aromatic rings. The Bertz CT molecular complexity index is 989. The predicted molar refractivity (Wildman–Crippen MR) is 128 cm³/mol. The molecule has 0 unspecified atom stereocenters. The van der Waals surface area contributed by atoms with Crippen LogP contribution in [0.4, 0.5) is 18.9 Å². The van der Waals surface area contributed by atoms with Gasteiger partial charge in [-0.2, -0.15) is 13.2 Å². The summed E-state index contributed by atoms with van der Waals surface area (Å²) in [5.74, 6) is 0. The average Bonchev–Trinajstić information content (AvgIpc) is 3.20. The van der Waals surface area contributed by atoms with Crippen LogP contribution in [0, 0.1) is 0 Å². The van der Waals surface area contributed by atoms with Gasteiger partial charge in [-0.15, -0.1) is 6.58 Å².